The Morgan fingerprint density at radius 1 is 1.26 bits per heavy atom. The van der Waals surface area contributed by atoms with E-state index in [1.54, 1.807) is 6.07 Å². The number of aliphatic hydroxyl groups excluding tert-OH is 1. The van der Waals surface area contributed by atoms with E-state index >= 15 is 0 Å². The van der Waals surface area contributed by atoms with Crippen LogP contribution in [-0.4, -0.2) is 11.0 Å². The van der Waals surface area contributed by atoms with Crippen molar-refractivity contribution in [2.45, 2.75) is 20.1 Å². The molecule has 1 amide bonds. The molecule has 0 atom stereocenters. The number of halogens is 1. The Balaban J connectivity index is 1.77. The van der Waals surface area contributed by atoms with Crippen LogP contribution in [0.15, 0.2) is 46.9 Å². The first-order valence-corrected chi connectivity index (χ1v) is 7.24. The van der Waals surface area contributed by atoms with Gasteiger partial charge >= 0.3 is 0 Å². The molecular weight excluding hydrogens is 297 g/mol. The maximum atomic E-state index is 13.3. The Hall–Kier alpha value is -2.66. The fourth-order valence-corrected chi connectivity index (χ4v) is 2.51. The van der Waals surface area contributed by atoms with Gasteiger partial charge in [0.25, 0.3) is 5.91 Å². The van der Waals surface area contributed by atoms with E-state index in [1.165, 1.54) is 12.1 Å². The molecule has 0 spiro atoms. The predicted octanol–water partition coefficient (Wildman–Crippen LogP) is 3.30. The van der Waals surface area contributed by atoms with Crippen LogP contribution in [0.4, 0.5) is 4.39 Å². The lowest BCUT2D eigenvalue weighted by Crippen LogP contribution is -2.23. The van der Waals surface area contributed by atoms with Crippen LogP contribution in [0, 0.1) is 12.7 Å². The summed E-state index contributed by atoms with van der Waals surface area (Å²) in [7, 11) is 0. The first-order valence-electron chi connectivity index (χ1n) is 7.24. The minimum atomic E-state index is -0.462. The van der Waals surface area contributed by atoms with E-state index in [-0.39, 0.29) is 30.4 Å². The first kappa shape index (κ1) is 15.2. The fourth-order valence-electron chi connectivity index (χ4n) is 2.51. The highest BCUT2D eigenvalue weighted by Gasteiger charge is 2.17. The number of fused-ring (bicyclic) bond motifs is 1. The van der Waals surface area contributed by atoms with Gasteiger partial charge in [-0.2, -0.15) is 0 Å². The van der Waals surface area contributed by atoms with E-state index in [2.05, 4.69) is 5.32 Å². The summed E-state index contributed by atoms with van der Waals surface area (Å²) in [4.78, 5) is 12.3. The minimum Gasteiger partial charge on any atom is -0.451 e. The molecule has 23 heavy (non-hydrogen) atoms. The molecule has 3 rings (SSSR count). The van der Waals surface area contributed by atoms with Gasteiger partial charge in [0.2, 0.25) is 0 Å². The lowest BCUT2D eigenvalue weighted by Gasteiger charge is -2.06. The van der Waals surface area contributed by atoms with E-state index in [0.29, 0.717) is 11.1 Å². The van der Waals surface area contributed by atoms with Gasteiger partial charge in [-0.3, -0.25) is 4.79 Å². The van der Waals surface area contributed by atoms with Gasteiger partial charge in [-0.25, -0.2) is 4.39 Å². The molecule has 1 heterocycles. The summed E-state index contributed by atoms with van der Waals surface area (Å²) >= 11 is 0. The van der Waals surface area contributed by atoms with E-state index in [9.17, 15) is 9.18 Å². The number of hydrogen-bond acceptors (Lipinski definition) is 3. The normalized spacial score (nSPS) is 10.9. The largest absolute Gasteiger partial charge is 0.451 e. The van der Waals surface area contributed by atoms with Crippen LogP contribution < -0.4 is 5.32 Å². The minimum absolute atomic E-state index is 0.205. The Labute approximate surface area is 132 Å². The molecule has 2 aromatic carbocycles. The monoisotopic (exact) mass is 313 g/mol. The highest BCUT2D eigenvalue weighted by Crippen LogP contribution is 2.24. The van der Waals surface area contributed by atoms with Crippen LogP contribution in [0.3, 0.4) is 0 Å². The molecule has 0 aliphatic rings. The van der Waals surface area contributed by atoms with Crippen LogP contribution in [0.5, 0.6) is 0 Å². The topological polar surface area (TPSA) is 62.5 Å². The third kappa shape index (κ3) is 2.96. The third-order valence-electron chi connectivity index (χ3n) is 3.78. The molecule has 0 bridgehead atoms. The molecule has 4 nitrogen and oxygen atoms in total. The van der Waals surface area contributed by atoms with Gasteiger partial charge in [0.05, 0.1) is 6.61 Å². The molecular formula is C18H16FNO3. The fraction of sp³-hybridized carbons (Fsp3) is 0.167. The van der Waals surface area contributed by atoms with E-state index in [4.69, 9.17) is 9.52 Å². The molecule has 0 aliphatic heterocycles. The number of rotatable bonds is 4. The number of benzene rings is 2. The van der Waals surface area contributed by atoms with E-state index in [1.807, 2.05) is 31.2 Å². The number of nitrogens with one attached hydrogen (secondary N) is 1. The number of aliphatic hydroxyl groups is 1. The second kappa shape index (κ2) is 6.22. The molecule has 0 fully saturated rings. The van der Waals surface area contributed by atoms with Crippen molar-refractivity contribution < 1.29 is 18.7 Å². The van der Waals surface area contributed by atoms with Crippen molar-refractivity contribution in [1.29, 1.82) is 0 Å². The van der Waals surface area contributed by atoms with Gasteiger partial charge < -0.3 is 14.8 Å². The molecule has 0 radical (unpaired) electrons. The number of furan rings is 1. The molecule has 0 unspecified atom stereocenters. The Kier molecular flexibility index (Phi) is 4.12. The van der Waals surface area contributed by atoms with Gasteiger partial charge in [-0.05, 0) is 30.7 Å². The summed E-state index contributed by atoms with van der Waals surface area (Å²) in [6.07, 6.45) is 0. The Morgan fingerprint density at radius 3 is 2.78 bits per heavy atom. The maximum absolute atomic E-state index is 13.3. The zero-order valence-electron chi connectivity index (χ0n) is 12.6. The standard InChI is InChI=1S/C18H16FNO3/c1-11-14-4-2-3-5-16(14)23-17(11)18(22)20-9-12-6-7-15(19)13(8-12)10-21/h2-8,21H,9-10H2,1H3,(H,20,22). The highest BCUT2D eigenvalue weighted by atomic mass is 19.1. The summed E-state index contributed by atoms with van der Waals surface area (Å²) in [6.45, 7) is 1.68. The number of carbonyl (C=O) groups excluding carboxylic acids is 1. The molecule has 2 N–H and O–H groups in total. The third-order valence-corrected chi connectivity index (χ3v) is 3.78. The van der Waals surface area contributed by atoms with Gasteiger partial charge in [0.15, 0.2) is 5.76 Å². The highest BCUT2D eigenvalue weighted by molar-refractivity contribution is 5.98. The second-order valence-corrected chi connectivity index (χ2v) is 5.32. The van der Waals surface area contributed by atoms with Crippen LogP contribution in [0.2, 0.25) is 0 Å². The van der Waals surface area contributed by atoms with Crippen molar-refractivity contribution in [3.05, 3.63) is 70.7 Å². The average Bonchev–Trinajstić information content (AvgIpc) is 2.91. The number of amides is 1. The molecule has 0 saturated carbocycles. The van der Waals surface area contributed by atoms with Crippen LogP contribution >= 0.6 is 0 Å². The van der Waals surface area contributed by atoms with Crippen molar-refractivity contribution in [3.63, 3.8) is 0 Å². The summed E-state index contributed by atoms with van der Waals surface area (Å²) in [5.74, 6) is -0.514. The molecule has 1 aromatic heterocycles. The summed E-state index contributed by atoms with van der Waals surface area (Å²) in [5, 5.41) is 12.7. The van der Waals surface area contributed by atoms with Crippen molar-refractivity contribution in [1.82, 2.24) is 5.32 Å². The zero-order chi connectivity index (χ0) is 16.4. The van der Waals surface area contributed by atoms with Gasteiger partial charge in [-0.1, -0.05) is 24.3 Å². The van der Waals surface area contributed by atoms with E-state index in [0.717, 1.165) is 10.9 Å². The molecule has 0 aliphatic carbocycles. The Morgan fingerprint density at radius 2 is 2.04 bits per heavy atom. The quantitative estimate of drug-likeness (QED) is 0.777. The zero-order valence-corrected chi connectivity index (χ0v) is 12.6. The molecule has 118 valence electrons. The smallest absolute Gasteiger partial charge is 0.287 e. The van der Waals surface area contributed by atoms with Crippen LogP contribution in [0.1, 0.15) is 27.2 Å². The lowest BCUT2D eigenvalue weighted by atomic mass is 10.1. The SMILES string of the molecule is Cc1c(C(=O)NCc2ccc(F)c(CO)c2)oc2ccccc12. The first-order chi connectivity index (χ1) is 11.1. The predicted molar refractivity (Wildman–Crippen MR) is 84.4 cm³/mol. The summed E-state index contributed by atoms with van der Waals surface area (Å²) in [5.41, 5.74) is 2.36. The number of aryl methyl sites for hydroxylation is 1. The van der Waals surface area contributed by atoms with Crippen molar-refractivity contribution >= 4 is 16.9 Å². The van der Waals surface area contributed by atoms with Crippen molar-refractivity contribution in [3.8, 4) is 0 Å². The van der Waals surface area contributed by atoms with Crippen LogP contribution in [0.25, 0.3) is 11.0 Å². The Bertz CT molecular complexity index is 870. The molecule has 0 saturated heterocycles. The maximum Gasteiger partial charge on any atom is 0.287 e. The van der Waals surface area contributed by atoms with Gasteiger partial charge in [0, 0.05) is 23.1 Å². The second-order valence-electron chi connectivity index (χ2n) is 5.32. The van der Waals surface area contributed by atoms with Crippen molar-refractivity contribution in [2.24, 2.45) is 0 Å². The van der Waals surface area contributed by atoms with Crippen LogP contribution in [-0.2, 0) is 13.2 Å². The van der Waals surface area contributed by atoms with E-state index < -0.39 is 5.82 Å². The summed E-state index contributed by atoms with van der Waals surface area (Å²) in [6, 6.07) is 11.8. The average molecular weight is 313 g/mol. The number of carbonyl (C=O) groups is 1. The molecule has 5 heteroatoms. The lowest BCUT2D eigenvalue weighted by molar-refractivity contribution is 0.0924. The number of para-hydroxylation sites is 1. The van der Waals surface area contributed by atoms with Gasteiger partial charge in [0.1, 0.15) is 11.4 Å². The molecule has 3 aromatic rings. The van der Waals surface area contributed by atoms with Crippen molar-refractivity contribution in [2.75, 3.05) is 0 Å². The van der Waals surface area contributed by atoms with Gasteiger partial charge in [-0.15, -0.1) is 0 Å². The number of hydrogen-bond donors (Lipinski definition) is 2. The summed E-state index contributed by atoms with van der Waals surface area (Å²) < 4.78 is 18.9.